The van der Waals surface area contributed by atoms with Gasteiger partial charge in [0.2, 0.25) is 0 Å². The molecule has 2 aromatic rings. The van der Waals surface area contributed by atoms with Crippen LogP contribution in [0.5, 0.6) is 0 Å². The van der Waals surface area contributed by atoms with Crippen LogP contribution in [0.2, 0.25) is 0 Å². The zero-order chi connectivity index (χ0) is 14.6. The van der Waals surface area contributed by atoms with E-state index in [4.69, 9.17) is 5.11 Å². The third-order valence-corrected chi connectivity index (χ3v) is 4.87. The van der Waals surface area contributed by atoms with Gasteiger partial charge in [0.05, 0.1) is 4.88 Å². The molecule has 0 fully saturated rings. The number of aliphatic hydroxyl groups is 1. The van der Waals surface area contributed by atoms with Crippen molar-refractivity contribution in [3.63, 3.8) is 0 Å². The summed E-state index contributed by atoms with van der Waals surface area (Å²) in [6, 6.07) is 3.97. The molecule has 0 radical (unpaired) electrons. The monoisotopic (exact) mass is 310 g/mol. The first kappa shape index (κ1) is 15.2. The molecule has 0 bridgehead atoms. The van der Waals surface area contributed by atoms with Crippen LogP contribution >= 0.6 is 22.7 Å². The van der Waals surface area contributed by atoms with Gasteiger partial charge in [0, 0.05) is 18.5 Å². The highest BCUT2D eigenvalue weighted by atomic mass is 32.1. The van der Waals surface area contributed by atoms with Gasteiger partial charge < -0.3 is 10.4 Å². The number of nitrogens with zero attached hydrogens (tertiary/aromatic N) is 1. The molecule has 2 N–H and O–H groups in total. The standard InChI is InChI=1S/C14H18N2O2S2/c1-14(2,5-6-17)9-15-12(18)10-8-20-13(16-10)11-4-3-7-19-11/h3-4,7-8,17H,5-6,9H2,1-2H3,(H,15,18). The van der Waals surface area contributed by atoms with Crippen LogP contribution < -0.4 is 5.32 Å². The normalized spacial score (nSPS) is 11.6. The Morgan fingerprint density at radius 3 is 2.90 bits per heavy atom. The summed E-state index contributed by atoms with van der Waals surface area (Å²) in [5.74, 6) is -0.157. The third-order valence-electron chi connectivity index (χ3n) is 2.98. The Balaban J connectivity index is 1.97. The maximum Gasteiger partial charge on any atom is 0.270 e. The Morgan fingerprint density at radius 2 is 2.25 bits per heavy atom. The molecular weight excluding hydrogens is 292 g/mol. The average Bonchev–Trinajstić information content (AvgIpc) is 3.06. The molecule has 0 aromatic carbocycles. The Kier molecular flexibility index (Phi) is 4.91. The molecule has 4 nitrogen and oxygen atoms in total. The van der Waals surface area contributed by atoms with Crippen LogP contribution in [-0.4, -0.2) is 29.1 Å². The largest absolute Gasteiger partial charge is 0.396 e. The molecule has 2 heterocycles. The summed E-state index contributed by atoms with van der Waals surface area (Å²) >= 11 is 3.09. The van der Waals surface area contributed by atoms with Crippen LogP contribution in [0.4, 0.5) is 0 Å². The fraction of sp³-hybridized carbons (Fsp3) is 0.429. The first-order chi connectivity index (χ1) is 9.52. The van der Waals surface area contributed by atoms with E-state index >= 15 is 0 Å². The zero-order valence-corrected chi connectivity index (χ0v) is 13.2. The van der Waals surface area contributed by atoms with E-state index in [1.54, 1.807) is 16.7 Å². The predicted octanol–water partition coefficient (Wildman–Crippen LogP) is 3.01. The van der Waals surface area contributed by atoms with Gasteiger partial charge in [-0.1, -0.05) is 19.9 Å². The van der Waals surface area contributed by atoms with Crippen molar-refractivity contribution < 1.29 is 9.90 Å². The predicted molar refractivity (Wildman–Crippen MR) is 83.2 cm³/mol. The summed E-state index contributed by atoms with van der Waals surface area (Å²) in [5, 5.41) is 16.5. The van der Waals surface area contributed by atoms with E-state index in [0.29, 0.717) is 18.7 Å². The van der Waals surface area contributed by atoms with Crippen molar-refractivity contribution in [3.05, 3.63) is 28.6 Å². The van der Waals surface area contributed by atoms with Crippen LogP contribution in [0.15, 0.2) is 22.9 Å². The van der Waals surface area contributed by atoms with Gasteiger partial charge in [-0.15, -0.1) is 22.7 Å². The number of nitrogens with one attached hydrogen (secondary N) is 1. The number of carbonyl (C=O) groups excluding carboxylic acids is 1. The molecule has 20 heavy (non-hydrogen) atoms. The highest BCUT2D eigenvalue weighted by Gasteiger charge is 2.19. The fourth-order valence-corrected chi connectivity index (χ4v) is 3.31. The summed E-state index contributed by atoms with van der Waals surface area (Å²) < 4.78 is 0. The zero-order valence-electron chi connectivity index (χ0n) is 11.5. The number of aliphatic hydroxyl groups excluding tert-OH is 1. The molecule has 1 amide bonds. The van der Waals surface area contributed by atoms with E-state index in [-0.39, 0.29) is 17.9 Å². The number of aromatic nitrogens is 1. The summed E-state index contributed by atoms with van der Waals surface area (Å²) in [4.78, 5) is 17.5. The highest BCUT2D eigenvalue weighted by molar-refractivity contribution is 7.20. The molecule has 2 rings (SSSR count). The second-order valence-corrected chi connectivity index (χ2v) is 7.14. The topological polar surface area (TPSA) is 62.2 Å². The number of thiophene rings is 1. The van der Waals surface area contributed by atoms with Gasteiger partial charge in [-0.25, -0.2) is 4.98 Å². The van der Waals surface area contributed by atoms with Crippen LogP contribution in [0.3, 0.4) is 0 Å². The lowest BCUT2D eigenvalue weighted by molar-refractivity contribution is 0.0924. The molecule has 0 atom stereocenters. The fourth-order valence-electron chi connectivity index (χ4n) is 1.69. The van der Waals surface area contributed by atoms with E-state index in [2.05, 4.69) is 10.3 Å². The Morgan fingerprint density at radius 1 is 1.45 bits per heavy atom. The molecule has 0 unspecified atom stereocenters. The van der Waals surface area contributed by atoms with Gasteiger partial charge in [0.25, 0.3) is 5.91 Å². The second-order valence-electron chi connectivity index (χ2n) is 5.34. The summed E-state index contributed by atoms with van der Waals surface area (Å²) in [5.41, 5.74) is 0.343. The minimum absolute atomic E-state index is 0.114. The first-order valence-electron chi connectivity index (χ1n) is 6.40. The lowest BCUT2D eigenvalue weighted by atomic mass is 9.90. The molecule has 108 valence electrons. The van der Waals surface area contributed by atoms with Gasteiger partial charge in [-0.05, 0) is 23.3 Å². The smallest absolute Gasteiger partial charge is 0.270 e. The second kappa shape index (κ2) is 6.47. The number of rotatable bonds is 6. The van der Waals surface area contributed by atoms with Gasteiger partial charge in [0.15, 0.2) is 0 Å². The van der Waals surface area contributed by atoms with Gasteiger partial charge in [-0.3, -0.25) is 4.79 Å². The van der Waals surface area contributed by atoms with E-state index in [1.807, 2.05) is 31.4 Å². The van der Waals surface area contributed by atoms with Crippen molar-refractivity contribution in [1.82, 2.24) is 10.3 Å². The minimum atomic E-state index is -0.157. The van der Waals surface area contributed by atoms with Crippen LogP contribution in [0.1, 0.15) is 30.8 Å². The number of hydrogen-bond donors (Lipinski definition) is 2. The quantitative estimate of drug-likeness (QED) is 0.862. The number of hydrogen-bond acceptors (Lipinski definition) is 5. The molecule has 0 aliphatic heterocycles. The molecule has 2 aromatic heterocycles. The average molecular weight is 310 g/mol. The summed E-state index contributed by atoms with van der Waals surface area (Å²) in [7, 11) is 0. The molecule has 6 heteroatoms. The summed E-state index contributed by atoms with van der Waals surface area (Å²) in [6.07, 6.45) is 0.658. The number of amides is 1. The van der Waals surface area contributed by atoms with Crippen molar-refractivity contribution >= 4 is 28.6 Å². The number of carbonyl (C=O) groups is 1. The first-order valence-corrected chi connectivity index (χ1v) is 8.16. The Hall–Kier alpha value is -1.24. The maximum atomic E-state index is 12.1. The molecule has 0 spiro atoms. The Bertz CT molecular complexity index is 562. The highest BCUT2D eigenvalue weighted by Crippen LogP contribution is 2.27. The van der Waals surface area contributed by atoms with E-state index in [9.17, 15) is 4.79 Å². The Labute approximate surface area is 126 Å². The molecule has 0 saturated carbocycles. The van der Waals surface area contributed by atoms with Crippen LogP contribution in [-0.2, 0) is 0 Å². The van der Waals surface area contributed by atoms with Gasteiger partial charge >= 0.3 is 0 Å². The van der Waals surface area contributed by atoms with Gasteiger partial charge in [-0.2, -0.15) is 0 Å². The van der Waals surface area contributed by atoms with E-state index in [1.165, 1.54) is 11.3 Å². The lowest BCUT2D eigenvalue weighted by Crippen LogP contribution is -2.34. The molecule has 0 aliphatic carbocycles. The van der Waals surface area contributed by atoms with Crippen molar-refractivity contribution in [2.75, 3.05) is 13.2 Å². The van der Waals surface area contributed by atoms with E-state index in [0.717, 1.165) is 9.88 Å². The summed E-state index contributed by atoms with van der Waals surface area (Å²) in [6.45, 7) is 4.68. The van der Waals surface area contributed by atoms with Crippen LogP contribution in [0.25, 0.3) is 9.88 Å². The van der Waals surface area contributed by atoms with Crippen molar-refractivity contribution in [2.45, 2.75) is 20.3 Å². The molecular formula is C14H18N2O2S2. The van der Waals surface area contributed by atoms with Crippen LogP contribution in [0, 0.1) is 5.41 Å². The van der Waals surface area contributed by atoms with Crippen molar-refractivity contribution in [2.24, 2.45) is 5.41 Å². The molecule has 0 aliphatic rings. The maximum absolute atomic E-state index is 12.1. The third kappa shape index (κ3) is 3.88. The minimum Gasteiger partial charge on any atom is -0.396 e. The van der Waals surface area contributed by atoms with Crippen molar-refractivity contribution in [1.29, 1.82) is 0 Å². The number of thiazole rings is 1. The van der Waals surface area contributed by atoms with E-state index < -0.39 is 0 Å². The SMILES string of the molecule is CC(C)(CCO)CNC(=O)c1csc(-c2cccs2)n1. The lowest BCUT2D eigenvalue weighted by Gasteiger charge is -2.23. The van der Waals surface area contributed by atoms with Crippen molar-refractivity contribution in [3.8, 4) is 9.88 Å². The molecule has 0 saturated heterocycles. The van der Waals surface area contributed by atoms with Gasteiger partial charge in [0.1, 0.15) is 10.7 Å².